The molecule has 2 nitrogen and oxygen atoms in total. The monoisotopic (exact) mass is 246 g/mol. The Balaban J connectivity index is 0.000000225. The third kappa shape index (κ3) is 6.89. The molecule has 1 aromatic rings. The lowest BCUT2D eigenvalue weighted by atomic mass is 9.98. The minimum atomic E-state index is -0.128. The molecule has 0 spiro atoms. The van der Waals surface area contributed by atoms with Crippen molar-refractivity contribution in [3.8, 4) is 0 Å². The first-order chi connectivity index (χ1) is 8.83. The van der Waals surface area contributed by atoms with Crippen molar-refractivity contribution in [2.24, 2.45) is 0 Å². The Morgan fingerprint density at radius 2 is 1.56 bits per heavy atom. The van der Waals surface area contributed by atoms with Gasteiger partial charge in [0.25, 0.3) is 0 Å². The number of rotatable bonds is 3. The summed E-state index contributed by atoms with van der Waals surface area (Å²) in [6.07, 6.45) is 7.90. The molecule has 0 heterocycles. The molecule has 2 heteroatoms. The Labute approximate surface area is 110 Å². The van der Waals surface area contributed by atoms with E-state index in [1.807, 2.05) is 36.4 Å². The summed E-state index contributed by atoms with van der Waals surface area (Å²) in [6, 6.07) is 12.0. The van der Waals surface area contributed by atoms with Crippen LogP contribution < -0.4 is 0 Å². The molecule has 1 aliphatic carbocycles. The highest BCUT2D eigenvalue weighted by Crippen LogP contribution is 2.20. The molecule has 18 heavy (non-hydrogen) atoms. The number of esters is 1. The summed E-state index contributed by atoms with van der Waals surface area (Å²) < 4.78 is 5.22. The van der Waals surface area contributed by atoms with Gasteiger partial charge < -0.3 is 4.74 Å². The largest absolute Gasteiger partial charge is 0.462 e. The van der Waals surface area contributed by atoms with Crippen LogP contribution in [-0.2, 0) is 9.53 Å². The second-order valence-corrected chi connectivity index (χ2v) is 4.40. The predicted molar refractivity (Wildman–Crippen MR) is 74.2 cm³/mol. The predicted octanol–water partition coefficient (Wildman–Crippen LogP) is 4.13. The van der Waals surface area contributed by atoms with Crippen LogP contribution >= 0.6 is 0 Å². The van der Waals surface area contributed by atoms with Gasteiger partial charge in [0, 0.05) is 0 Å². The number of hydrogen-bond acceptors (Lipinski definition) is 2. The van der Waals surface area contributed by atoms with Crippen LogP contribution in [0.4, 0.5) is 0 Å². The van der Waals surface area contributed by atoms with Gasteiger partial charge in [-0.15, -0.1) is 6.58 Å². The van der Waals surface area contributed by atoms with Crippen LogP contribution in [0.25, 0.3) is 0 Å². The van der Waals surface area contributed by atoms with E-state index >= 15 is 0 Å². The Hall–Kier alpha value is -1.57. The first kappa shape index (κ1) is 14.5. The summed E-state index contributed by atoms with van der Waals surface area (Å²) in [7, 11) is 0. The normalized spacial score (nSPS) is 15.1. The van der Waals surface area contributed by atoms with Gasteiger partial charge in [0.2, 0.25) is 0 Å². The van der Waals surface area contributed by atoms with Gasteiger partial charge in [-0.05, 0) is 25.7 Å². The van der Waals surface area contributed by atoms with Crippen molar-refractivity contribution in [2.75, 3.05) is 0 Å². The van der Waals surface area contributed by atoms with Gasteiger partial charge in [-0.3, -0.25) is 4.79 Å². The summed E-state index contributed by atoms with van der Waals surface area (Å²) in [5, 5.41) is 0. The maximum atomic E-state index is 11.0. The molecule has 1 saturated carbocycles. The quantitative estimate of drug-likeness (QED) is 0.592. The standard InChI is InChI=1S/C10H16O2.C6H6/c1-2-6-10(11)12-9-7-4-3-5-8-9;1-2-4-6-5-3-1/h2,9H,1,3-8H2;1-6H. The Morgan fingerprint density at radius 1 is 1.06 bits per heavy atom. The summed E-state index contributed by atoms with van der Waals surface area (Å²) in [6.45, 7) is 3.49. The molecule has 1 aromatic carbocycles. The molecular formula is C16H22O2. The van der Waals surface area contributed by atoms with Crippen LogP contribution in [0.15, 0.2) is 49.1 Å². The minimum absolute atomic E-state index is 0.128. The molecule has 1 fully saturated rings. The lowest BCUT2D eigenvalue weighted by Crippen LogP contribution is -2.20. The van der Waals surface area contributed by atoms with Crippen LogP contribution in [0.1, 0.15) is 38.5 Å². The van der Waals surface area contributed by atoms with E-state index in [0.717, 1.165) is 12.8 Å². The Morgan fingerprint density at radius 3 is 2.00 bits per heavy atom. The highest BCUT2D eigenvalue weighted by Gasteiger charge is 2.16. The zero-order chi connectivity index (χ0) is 13.1. The van der Waals surface area contributed by atoms with E-state index in [2.05, 4.69) is 6.58 Å². The number of hydrogen-bond donors (Lipinski definition) is 0. The van der Waals surface area contributed by atoms with Gasteiger partial charge in [0.05, 0.1) is 6.42 Å². The Bertz CT molecular complexity index is 300. The highest BCUT2D eigenvalue weighted by molar-refractivity contribution is 5.71. The molecule has 0 aromatic heterocycles. The van der Waals surface area contributed by atoms with Crippen LogP contribution in [-0.4, -0.2) is 12.1 Å². The van der Waals surface area contributed by atoms with E-state index < -0.39 is 0 Å². The van der Waals surface area contributed by atoms with Crippen LogP contribution in [0.5, 0.6) is 0 Å². The number of carbonyl (C=O) groups excluding carboxylic acids is 1. The second kappa shape index (κ2) is 9.46. The van der Waals surface area contributed by atoms with Crippen molar-refractivity contribution in [2.45, 2.75) is 44.6 Å². The Kier molecular flexibility index (Phi) is 7.61. The van der Waals surface area contributed by atoms with Crippen molar-refractivity contribution in [3.05, 3.63) is 49.1 Å². The van der Waals surface area contributed by atoms with E-state index in [0.29, 0.717) is 6.42 Å². The molecule has 2 rings (SSSR count). The van der Waals surface area contributed by atoms with Gasteiger partial charge in [-0.2, -0.15) is 0 Å². The van der Waals surface area contributed by atoms with Gasteiger partial charge in [-0.1, -0.05) is 48.9 Å². The van der Waals surface area contributed by atoms with Crippen molar-refractivity contribution in [1.82, 2.24) is 0 Å². The molecule has 0 radical (unpaired) electrons. The van der Waals surface area contributed by atoms with Gasteiger partial charge in [0.1, 0.15) is 6.10 Å². The lowest BCUT2D eigenvalue weighted by molar-refractivity contribution is -0.149. The van der Waals surface area contributed by atoms with Crippen molar-refractivity contribution in [1.29, 1.82) is 0 Å². The first-order valence-electron chi connectivity index (χ1n) is 6.63. The molecule has 98 valence electrons. The molecule has 0 aliphatic heterocycles. The fraction of sp³-hybridized carbons (Fsp3) is 0.438. The minimum Gasteiger partial charge on any atom is -0.462 e. The number of benzene rings is 1. The van der Waals surface area contributed by atoms with Crippen molar-refractivity contribution >= 4 is 5.97 Å². The molecule has 0 atom stereocenters. The smallest absolute Gasteiger partial charge is 0.309 e. The van der Waals surface area contributed by atoms with Crippen molar-refractivity contribution in [3.63, 3.8) is 0 Å². The third-order valence-corrected chi connectivity index (χ3v) is 2.83. The summed E-state index contributed by atoms with van der Waals surface area (Å²) in [5.41, 5.74) is 0. The number of ether oxygens (including phenoxy) is 1. The fourth-order valence-electron chi connectivity index (χ4n) is 1.92. The summed E-state index contributed by atoms with van der Waals surface area (Å²) in [5.74, 6) is -0.128. The maximum Gasteiger partial charge on any atom is 0.309 e. The molecule has 1 aliphatic rings. The van der Waals surface area contributed by atoms with Crippen LogP contribution in [0, 0.1) is 0 Å². The second-order valence-electron chi connectivity index (χ2n) is 4.40. The van der Waals surface area contributed by atoms with Gasteiger partial charge in [-0.25, -0.2) is 0 Å². The van der Waals surface area contributed by atoms with E-state index in [1.54, 1.807) is 6.08 Å². The number of carbonyl (C=O) groups is 1. The average molecular weight is 246 g/mol. The SMILES string of the molecule is C=CCC(=O)OC1CCCCC1.c1ccccc1. The summed E-state index contributed by atoms with van der Waals surface area (Å²) in [4.78, 5) is 11.0. The summed E-state index contributed by atoms with van der Waals surface area (Å²) >= 11 is 0. The van der Waals surface area contributed by atoms with Gasteiger partial charge in [0.15, 0.2) is 0 Å². The zero-order valence-corrected chi connectivity index (χ0v) is 10.9. The van der Waals surface area contributed by atoms with Crippen LogP contribution in [0.2, 0.25) is 0 Å². The van der Waals surface area contributed by atoms with Gasteiger partial charge >= 0.3 is 5.97 Å². The van der Waals surface area contributed by atoms with E-state index in [1.165, 1.54) is 19.3 Å². The molecule has 0 N–H and O–H groups in total. The highest BCUT2D eigenvalue weighted by atomic mass is 16.5. The van der Waals surface area contributed by atoms with E-state index in [4.69, 9.17) is 4.74 Å². The molecule has 0 saturated heterocycles. The topological polar surface area (TPSA) is 26.3 Å². The zero-order valence-electron chi connectivity index (χ0n) is 10.9. The first-order valence-corrected chi connectivity index (χ1v) is 6.63. The van der Waals surface area contributed by atoms with Crippen molar-refractivity contribution < 1.29 is 9.53 Å². The van der Waals surface area contributed by atoms with E-state index in [9.17, 15) is 4.79 Å². The molecule has 0 unspecified atom stereocenters. The third-order valence-electron chi connectivity index (χ3n) is 2.83. The fourth-order valence-corrected chi connectivity index (χ4v) is 1.92. The van der Waals surface area contributed by atoms with E-state index in [-0.39, 0.29) is 12.1 Å². The van der Waals surface area contributed by atoms with Crippen LogP contribution in [0.3, 0.4) is 0 Å². The molecule has 0 amide bonds. The lowest BCUT2D eigenvalue weighted by Gasteiger charge is -2.21. The maximum absolute atomic E-state index is 11.0. The average Bonchev–Trinajstić information content (AvgIpc) is 2.43. The molecule has 0 bridgehead atoms. The molecular weight excluding hydrogens is 224 g/mol.